The van der Waals surface area contributed by atoms with E-state index < -0.39 is 21.5 Å². The first kappa shape index (κ1) is 27.0. The van der Waals surface area contributed by atoms with E-state index in [9.17, 15) is 13.2 Å². The number of fused-ring (bicyclic) bond motifs is 1. The number of halogens is 1. The van der Waals surface area contributed by atoms with Crippen molar-refractivity contribution in [2.75, 3.05) is 17.5 Å². The minimum Gasteiger partial charge on any atom is -0.494 e. The molecule has 0 fully saturated rings. The number of hydrogen-bond donors (Lipinski definition) is 1. The molecule has 3 aromatic carbocycles. The van der Waals surface area contributed by atoms with Gasteiger partial charge in [-0.15, -0.1) is 0 Å². The van der Waals surface area contributed by atoms with Crippen LogP contribution in [-0.4, -0.2) is 33.1 Å². The molecule has 0 saturated carbocycles. The molecule has 0 aliphatic carbocycles. The summed E-state index contributed by atoms with van der Waals surface area (Å²) in [6, 6.07) is 18.6. The zero-order chi connectivity index (χ0) is 26.8. The molecule has 1 heterocycles. The minimum atomic E-state index is -4.04. The smallest absolute Gasteiger partial charge is 0.264 e. The second-order valence-corrected chi connectivity index (χ2v) is 12.4. The van der Waals surface area contributed by atoms with Crippen LogP contribution in [0.1, 0.15) is 44.4 Å². The molecule has 3 aromatic rings. The first-order chi connectivity index (χ1) is 17.5. The molecule has 1 N–H and O–H groups in total. The van der Waals surface area contributed by atoms with Gasteiger partial charge in [-0.3, -0.25) is 9.10 Å². The van der Waals surface area contributed by atoms with Crippen LogP contribution in [0.25, 0.3) is 0 Å². The Morgan fingerprint density at radius 1 is 1.11 bits per heavy atom. The molecule has 37 heavy (non-hydrogen) atoms. The van der Waals surface area contributed by atoms with E-state index in [1.807, 2.05) is 45.9 Å². The Bertz CT molecular complexity index is 1370. The van der Waals surface area contributed by atoms with E-state index in [2.05, 4.69) is 21.2 Å². The average molecular weight is 588 g/mol. The van der Waals surface area contributed by atoms with E-state index in [0.29, 0.717) is 24.5 Å². The zero-order valence-electron chi connectivity index (χ0n) is 21.3. The number of sulfonamides is 1. The van der Waals surface area contributed by atoms with Gasteiger partial charge in [-0.1, -0.05) is 33.6 Å². The molecule has 1 atom stereocenters. The molecule has 4 rings (SSSR count). The number of aryl methyl sites for hydroxylation is 1. The second kappa shape index (κ2) is 10.8. The third-order valence-corrected chi connectivity index (χ3v) is 8.40. The third-order valence-electron chi connectivity index (χ3n) is 6.08. The highest BCUT2D eigenvalue weighted by Crippen LogP contribution is 2.40. The molecule has 1 aliphatic rings. The summed E-state index contributed by atoms with van der Waals surface area (Å²) in [7, 11) is -4.04. The Hall–Kier alpha value is -3.04. The van der Waals surface area contributed by atoms with Gasteiger partial charge in [0, 0.05) is 16.5 Å². The van der Waals surface area contributed by atoms with E-state index in [1.165, 1.54) is 12.1 Å². The summed E-state index contributed by atoms with van der Waals surface area (Å²) in [5.74, 6) is 0.927. The monoisotopic (exact) mass is 586 g/mol. The van der Waals surface area contributed by atoms with Gasteiger partial charge >= 0.3 is 0 Å². The quantitative estimate of drug-likeness (QED) is 0.362. The highest BCUT2D eigenvalue weighted by molar-refractivity contribution is 9.10. The Labute approximate surface area is 227 Å². The van der Waals surface area contributed by atoms with Crippen molar-refractivity contribution in [2.24, 2.45) is 0 Å². The van der Waals surface area contributed by atoms with E-state index in [0.717, 1.165) is 25.7 Å². The summed E-state index contributed by atoms with van der Waals surface area (Å²) in [5, 5.41) is 3.07. The fourth-order valence-electron chi connectivity index (χ4n) is 4.40. The fourth-order valence-corrected chi connectivity index (χ4v) is 6.08. The minimum absolute atomic E-state index is 0.0885. The molecule has 0 radical (unpaired) electrons. The van der Waals surface area contributed by atoms with Gasteiger partial charge in [0.15, 0.2) is 0 Å². The van der Waals surface area contributed by atoms with Crippen molar-refractivity contribution in [3.63, 3.8) is 0 Å². The Morgan fingerprint density at radius 3 is 2.43 bits per heavy atom. The number of nitrogens with zero attached hydrogens (tertiary/aromatic N) is 1. The fraction of sp³-hybridized carbons (Fsp3) is 0.321. The summed E-state index contributed by atoms with van der Waals surface area (Å²) < 4.78 is 40.9. The Balaban J connectivity index is 1.65. The summed E-state index contributed by atoms with van der Waals surface area (Å²) >= 11 is 3.34. The standard InChI is InChI=1S/C28H31BrN2O5S/c1-5-35-22-11-9-21(10-12-22)31(37(33,34)23-13-7-20(29)8-14-23)18-27(32)30-25-17-28(3,4)36-26-15-6-19(2)16-24(25)26/h6-16,25H,5,17-18H2,1-4H3,(H,30,32). The molecule has 0 spiro atoms. The number of anilines is 1. The molecule has 1 unspecified atom stereocenters. The predicted octanol–water partition coefficient (Wildman–Crippen LogP) is 5.77. The number of carbonyl (C=O) groups is 1. The maximum Gasteiger partial charge on any atom is 0.264 e. The van der Waals surface area contributed by atoms with Crippen LogP contribution in [0.5, 0.6) is 11.5 Å². The van der Waals surface area contributed by atoms with E-state index in [4.69, 9.17) is 9.47 Å². The molecule has 0 aromatic heterocycles. The maximum atomic E-state index is 13.7. The molecule has 7 nitrogen and oxygen atoms in total. The third kappa shape index (κ3) is 6.27. The zero-order valence-corrected chi connectivity index (χ0v) is 23.7. The van der Waals surface area contributed by atoms with Crippen LogP contribution in [0.2, 0.25) is 0 Å². The largest absolute Gasteiger partial charge is 0.494 e. The van der Waals surface area contributed by atoms with Crippen molar-refractivity contribution in [1.29, 1.82) is 0 Å². The number of rotatable bonds is 8. The van der Waals surface area contributed by atoms with Crippen LogP contribution in [0.15, 0.2) is 76.1 Å². The van der Waals surface area contributed by atoms with Gasteiger partial charge in [-0.05, 0) is 82.3 Å². The van der Waals surface area contributed by atoms with E-state index >= 15 is 0 Å². The van der Waals surface area contributed by atoms with Crippen LogP contribution >= 0.6 is 15.9 Å². The topological polar surface area (TPSA) is 84.9 Å². The lowest BCUT2D eigenvalue weighted by molar-refractivity contribution is -0.120. The molecular weight excluding hydrogens is 556 g/mol. The van der Waals surface area contributed by atoms with Gasteiger partial charge in [-0.2, -0.15) is 0 Å². The lowest BCUT2D eigenvalue weighted by atomic mass is 9.89. The van der Waals surface area contributed by atoms with Crippen LogP contribution in [0.4, 0.5) is 5.69 Å². The highest BCUT2D eigenvalue weighted by atomic mass is 79.9. The molecular formula is C28H31BrN2O5S. The molecule has 9 heteroatoms. The molecule has 0 bridgehead atoms. The van der Waals surface area contributed by atoms with Crippen molar-refractivity contribution in [2.45, 2.75) is 50.7 Å². The lowest BCUT2D eigenvalue weighted by Crippen LogP contribution is -2.45. The predicted molar refractivity (Wildman–Crippen MR) is 148 cm³/mol. The summed E-state index contributed by atoms with van der Waals surface area (Å²) in [6.07, 6.45) is 0.553. The molecule has 1 amide bonds. The normalized spacial score (nSPS) is 16.3. The number of hydrogen-bond acceptors (Lipinski definition) is 5. The average Bonchev–Trinajstić information content (AvgIpc) is 2.83. The van der Waals surface area contributed by atoms with Crippen molar-refractivity contribution in [3.05, 3.63) is 82.3 Å². The van der Waals surface area contributed by atoms with Crippen LogP contribution in [-0.2, 0) is 14.8 Å². The Kier molecular flexibility index (Phi) is 7.85. The first-order valence-corrected chi connectivity index (χ1v) is 14.3. The summed E-state index contributed by atoms with van der Waals surface area (Å²) in [4.78, 5) is 13.5. The molecule has 0 saturated heterocycles. The first-order valence-electron chi connectivity index (χ1n) is 12.1. The van der Waals surface area contributed by atoms with Crippen molar-refractivity contribution < 1.29 is 22.7 Å². The van der Waals surface area contributed by atoms with Crippen LogP contribution < -0.4 is 19.1 Å². The van der Waals surface area contributed by atoms with Gasteiger partial charge in [-0.25, -0.2) is 8.42 Å². The van der Waals surface area contributed by atoms with E-state index in [1.54, 1.807) is 36.4 Å². The number of ether oxygens (including phenoxy) is 2. The second-order valence-electron chi connectivity index (χ2n) is 9.62. The van der Waals surface area contributed by atoms with E-state index in [-0.39, 0.29) is 17.5 Å². The SMILES string of the molecule is CCOc1ccc(N(CC(=O)NC2CC(C)(C)Oc3ccc(C)cc32)S(=O)(=O)c2ccc(Br)cc2)cc1. The van der Waals surface area contributed by atoms with Gasteiger partial charge in [0.1, 0.15) is 23.6 Å². The molecule has 196 valence electrons. The number of carbonyl (C=O) groups excluding carboxylic acids is 1. The van der Waals surface area contributed by atoms with Gasteiger partial charge in [0.25, 0.3) is 10.0 Å². The van der Waals surface area contributed by atoms with Crippen molar-refractivity contribution in [1.82, 2.24) is 5.32 Å². The molecule has 1 aliphatic heterocycles. The van der Waals surface area contributed by atoms with Crippen molar-refractivity contribution in [3.8, 4) is 11.5 Å². The number of amides is 1. The van der Waals surface area contributed by atoms with Gasteiger partial charge < -0.3 is 14.8 Å². The van der Waals surface area contributed by atoms with Crippen LogP contribution in [0.3, 0.4) is 0 Å². The Morgan fingerprint density at radius 2 is 1.78 bits per heavy atom. The van der Waals surface area contributed by atoms with Gasteiger partial charge in [0.05, 0.1) is 23.2 Å². The highest BCUT2D eigenvalue weighted by Gasteiger charge is 2.35. The van der Waals surface area contributed by atoms with Gasteiger partial charge in [0.2, 0.25) is 5.91 Å². The number of nitrogens with one attached hydrogen (secondary N) is 1. The van der Waals surface area contributed by atoms with Crippen LogP contribution in [0, 0.1) is 6.92 Å². The summed E-state index contributed by atoms with van der Waals surface area (Å²) in [5.41, 5.74) is 1.81. The maximum absolute atomic E-state index is 13.7. The van der Waals surface area contributed by atoms with Crippen molar-refractivity contribution >= 4 is 37.5 Å². The summed E-state index contributed by atoms with van der Waals surface area (Å²) in [6.45, 7) is 7.91. The number of benzene rings is 3. The lowest BCUT2D eigenvalue weighted by Gasteiger charge is -2.38.